The highest BCUT2D eigenvalue weighted by molar-refractivity contribution is 14.1. The van der Waals surface area contributed by atoms with Crippen LogP contribution in [0, 0.1) is 17.4 Å². The topological polar surface area (TPSA) is 17.1 Å². The third-order valence-corrected chi connectivity index (χ3v) is 4.17. The highest BCUT2D eigenvalue weighted by Gasteiger charge is 2.15. The van der Waals surface area contributed by atoms with Crippen molar-refractivity contribution in [1.82, 2.24) is 0 Å². The van der Waals surface area contributed by atoms with Crippen molar-refractivity contribution in [2.75, 3.05) is 0 Å². The fraction of sp³-hybridized carbons (Fsp3) is 0.133. The summed E-state index contributed by atoms with van der Waals surface area (Å²) in [5.74, 6) is 0.0709. The molecule has 0 aliphatic rings. The van der Waals surface area contributed by atoms with Gasteiger partial charge in [0, 0.05) is 19.2 Å². The number of hydrogen-bond acceptors (Lipinski definition) is 1. The number of hydrogen-bond donors (Lipinski definition) is 0. The fourth-order valence-corrected chi connectivity index (χ4v) is 2.71. The second kappa shape index (κ2) is 5.53. The van der Waals surface area contributed by atoms with E-state index < -0.39 is 0 Å². The number of rotatable bonds is 2. The molecule has 92 valence electrons. The van der Waals surface area contributed by atoms with E-state index in [-0.39, 0.29) is 5.78 Å². The third kappa shape index (κ3) is 2.83. The van der Waals surface area contributed by atoms with Crippen molar-refractivity contribution in [3.8, 4) is 0 Å². The van der Waals surface area contributed by atoms with Crippen molar-refractivity contribution in [3.05, 3.63) is 66.7 Å². The zero-order valence-electron chi connectivity index (χ0n) is 10.1. The van der Waals surface area contributed by atoms with E-state index in [9.17, 15) is 4.79 Å². The van der Waals surface area contributed by atoms with E-state index in [1.54, 1.807) is 0 Å². The van der Waals surface area contributed by atoms with Crippen LogP contribution in [0.3, 0.4) is 0 Å². The van der Waals surface area contributed by atoms with Crippen molar-refractivity contribution >= 4 is 44.3 Å². The van der Waals surface area contributed by atoms with E-state index in [0.717, 1.165) is 30.3 Å². The minimum Gasteiger partial charge on any atom is -0.289 e. The van der Waals surface area contributed by atoms with Crippen LogP contribution in [-0.2, 0) is 0 Å². The standard InChI is InChI=1S/C15H12BrIO/c1-9-3-4-10(2)12(7-9)15(18)13-8-11(17)5-6-14(13)16/h3-8H,1-2H3. The van der Waals surface area contributed by atoms with Crippen LogP contribution in [0.1, 0.15) is 27.0 Å². The lowest BCUT2D eigenvalue weighted by Crippen LogP contribution is -2.05. The molecule has 0 fully saturated rings. The van der Waals surface area contributed by atoms with Crippen LogP contribution >= 0.6 is 38.5 Å². The zero-order valence-corrected chi connectivity index (χ0v) is 13.9. The molecule has 0 aliphatic carbocycles. The first-order valence-corrected chi connectivity index (χ1v) is 7.43. The number of ketones is 1. The van der Waals surface area contributed by atoms with Crippen LogP contribution in [0.2, 0.25) is 0 Å². The van der Waals surface area contributed by atoms with Gasteiger partial charge in [0.1, 0.15) is 0 Å². The first-order chi connectivity index (χ1) is 8.49. The molecule has 0 radical (unpaired) electrons. The second-order valence-electron chi connectivity index (χ2n) is 4.27. The molecule has 0 unspecified atom stereocenters. The van der Waals surface area contributed by atoms with Crippen molar-refractivity contribution in [3.63, 3.8) is 0 Å². The summed E-state index contributed by atoms with van der Waals surface area (Å²) in [6, 6.07) is 11.8. The molecule has 0 N–H and O–H groups in total. The zero-order chi connectivity index (χ0) is 13.3. The van der Waals surface area contributed by atoms with Gasteiger partial charge in [-0.3, -0.25) is 4.79 Å². The maximum atomic E-state index is 12.6. The molecule has 2 aromatic carbocycles. The van der Waals surface area contributed by atoms with E-state index in [2.05, 4.69) is 38.5 Å². The van der Waals surface area contributed by atoms with Crippen LogP contribution in [0.15, 0.2) is 40.9 Å². The Hall–Kier alpha value is -0.680. The molecule has 0 saturated heterocycles. The highest BCUT2D eigenvalue weighted by atomic mass is 127. The van der Waals surface area contributed by atoms with Gasteiger partial charge < -0.3 is 0 Å². The summed E-state index contributed by atoms with van der Waals surface area (Å²) in [5, 5.41) is 0. The van der Waals surface area contributed by atoms with Gasteiger partial charge in [-0.05, 0) is 66.3 Å². The van der Waals surface area contributed by atoms with E-state index in [4.69, 9.17) is 0 Å². The molecule has 18 heavy (non-hydrogen) atoms. The normalized spacial score (nSPS) is 10.4. The summed E-state index contributed by atoms with van der Waals surface area (Å²) in [4.78, 5) is 12.6. The molecule has 0 aromatic heterocycles. The van der Waals surface area contributed by atoms with Gasteiger partial charge in [-0.15, -0.1) is 0 Å². The minimum atomic E-state index is 0.0709. The van der Waals surface area contributed by atoms with Gasteiger partial charge in [-0.1, -0.05) is 33.6 Å². The van der Waals surface area contributed by atoms with Gasteiger partial charge in [0.05, 0.1) is 0 Å². The Bertz CT molecular complexity index is 566. The number of aryl methyl sites for hydroxylation is 2. The maximum absolute atomic E-state index is 12.6. The van der Waals surface area contributed by atoms with Gasteiger partial charge in [0.25, 0.3) is 0 Å². The van der Waals surface area contributed by atoms with Crippen molar-refractivity contribution < 1.29 is 4.79 Å². The van der Waals surface area contributed by atoms with Crippen LogP contribution < -0.4 is 0 Å². The Morgan fingerprint density at radius 1 is 1.06 bits per heavy atom. The summed E-state index contributed by atoms with van der Waals surface area (Å²) >= 11 is 5.66. The molecule has 0 atom stereocenters. The first-order valence-electron chi connectivity index (χ1n) is 5.56. The van der Waals surface area contributed by atoms with Crippen LogP contribution in [-0.4, -0.2) is 5.78 Å². The lowest BCUT2D eigenvalue weighted by molar-refractivity contribution is 0.103. The van der Waals surface area contributed by atoms with Gasteiger partial charge >= 0.3 is 0 Å². The average molecular weight is 415 g/mol. The largest absolute Gasteiger partial charge is 0.289 e. The summed E-state index contributed by atoms with van der Waals surface area (Å²) < 4.78 is 1.90. The molecule has 1 nitrogen and oxygen atoms in total. The van der Waals surface area contributed by atoms with E-state index in [1.165, 1.54) is 0 Å². The molecule has 0 saturated carbocycles. The quantitative estimate of drug-likeness (QED) is 0.504. The van der Waals surface area contributed by atoms with E-state index in [0.29, 0.717) is 0 Å². The third-order valence-electron chi connectivity index (χ3n) is 2.81. The molecule has 0 heterocycles. The maximum Gasteiger partial charge on any atom is 0.194 e. The monoisotopic (exact) mass is 414 g/mol. The summed E-state index contributed by atoms with van der Waals surface area (Å²) in [7, 11) is 0. The average Bonchev–Trinajstić information content (AvgIpc) is 2.34. The van der Waals surface area contributed by atoms with Gasteiger partial charge in [0.15, 0.2) is 5.78 Å². The Labute approximate surface area is 129 Å². The fourth-order valence-electron chi connectivity index (χ4n) is 1.80. The molecule has 2 rings (SSSR count). The number of carbonyl (C=O) groups is 1. The Balaban J connectivity index is 2.54. The molecular formula is C15H12BrIO. The van der Waals surface area contributed by atoms with Crippen molar-refractivity contribution in [2.45, 2.75) is 13.8 Å². The first kappa shape index (κ1) is 13.7. The highest BCUT2D eigenvalue weighted by Crippen LogP contribution is 2.24. The van der Waals surface area contributed by atoms with Crippen molar-refractivity contribution in [1.29, 1.82) is 0 Å². The summed E-state index contributed by atoms with van der Waals surface area (Å²) in [5.41, 5.74) is 3.61. The molecule has 3 heteroatoms. The molecule has 0 bridgehead atoms. The summed E-state index contributed by atoms with van der Waals surface area (Å²) in [6.45, 7) is 3.97. The SMILES string of the molecule is Cc1ccc(C)c(C(=O)c2cc(I)ccc2Br)c1. The molecule has 2 aromatic rings. The molecule has 0 aliphatic heterocycles. The smallest absolute Gasteiger partial charge is 0.194 e. The predicted molar refractivity (Wildman–Crippen MR) is 86.2 cm³/mol. The summed E-state index contributed by atoms with van der Waals surface area (Å²) in [6.07, 6.45) is 0. The Morgan fingerprint density at radius 2 is 1.78 bits per heavy atom. The number of carbonyl (C=O) groups excluding carboxylic acids is 1. The van der Waals surface area contributed by atoms with Gasteiger partial charge in [-0.2, -0.15) is 0 Å². The number of benzene rings is 2. The predicted octanol–water partition coefficient (Wildman–Crippen LogP) is 4.90. The van der Waals surface area contributed by atoms with Gasteiger partial charge in [0.2, 0.25) is 0 Å². The molecular weight excluding hydrogens is 403 g/mol. The molecule has 0 amide bonds. The minimum absolute atomic E-state index is 0.0709. The van der Waals surface area contributed by atoms with Crippen molar-refractivity contribution in [2.24, 2.45) is 0 Å². The second-order valence-corrected chi connectivity index (χ2v) is 6.37. The van der Waals surface area contributed by atoms with Crippen LogP contribution in [0.4, 0.5) is 0 Å². The molecule has 0 spiro atoms. The van der Waals surface area contributed by atoms with E-state index >= 15 is 0 Å². The van der Waals surface area contributed by atoms with Crippen LogP contribution in [0.25, 0.3) is 0 Å². The number of halogens is 2. The lowest BCUT2D eigenvalue weighted by atomic mass is 9.97. The lowest BCUT2D eigenvalue weighted by Gasteiger charge is -2.08. The van der Waals surface area contributed by atoms with Gasteiger partial charge in [-0.25, -0.2) is 0 Å². The Morgan fingerprint density at radius 3 is 2.50 bits per heavy atom. The Kier molecular flexibility index (Phi) is 4.22. The van der Waals surface area contributed by atoms with Crippen LogP contribution in [0.5, 0.6) is 0 Å². The van der Waals surface area contributed by atoms with E-state index in [1.807, 2.05) is 50.2 Å².